The second-order valence-electron chi connectivity index (χ2n) is 6.33. The molecular weight excluding hydrogens is 431 g/mol. The van der Waals surface area contributed by atoms with Crippen LogP contribution in [0.25, 0.3) is 0 Å². The number of hydrogen-bond donors (Lipinski definition) is 1. The van der Waals surface area contributed by atoms with E-state index in [1.807, 2.05) is 6.92 Å². The molecule has 0 aliphatic carbocycles. The molecule has 8 heteroatoms. The topological polar surface area (TPSA) is 66.5 Å². The summed E-state index contributed by atoms with van der Waals surface area (Å²) < 4.78 is 27.6. The SMILES string of the molecule is Cc1ccc(S(=O)(=O)N(CC(=O)Nc2cc(Cl)ccc2Cl)c2ccccc2)cc1. The van der Waals surface area contributed by atoms with Crippen LogP contribution in [0.2, 0.25) is 10.0 Å². The summed E-state index contributed by atoms with van der Waals surface area (Å²) in [5, 5.41) is 3.32. The Balaban J connectivity index is 1.93. The Kier molecular flexibility index (Phi) is 6.47. The molecule has 3 aromatic rings. The summed E-state index contributed by atoms with van der Waals surface area (Å²) >= 11 is 12.0. The Bertz CT molecular complexity index is 1120. The van der Waals surface area contributed by atoms with Gasteiger partial charge >= 0.3 is 0 Å². The van der Waals surface area contributed by atoms with Crippen molar-refractivity contribution in [2.45, 2.75) is 11.8 Å². The molecule has 1 amide bonds. The minimum Gasteiger partial charge on any atom is -0.323 e. The van der Waals surface area contributed by atoms with Crippen LogP contribution in [0.1, 0.15) is 5.56 Å². The molecule has 0 saturated heterocycles. The first kappa shape index (κ1) is 21.2. The maximum atomic E-state index is 13.3. The fraction of sp³-hybridized carbons (Fsp3) is 0.0952. The van der Waals surface area contributed by atoms with Crippen molar-refractivity contribution in [3.05, 3.63) is 88.4 Å². The van der Waals surface area contributed by atoms with Gasteiger partial charge in [0.25, 0.3) is 10.0 Å². The molecule has 0 aromatic heterocycles. The number of nitrogens with zero attached hydrogens (tertiary/aromatic N) is 1. The Morgan fingerprint density at radius 2 is 1.62 bits per heavy atom. The number of hydrogen-bond acceptors (Lipinski definition) is 3. The summed E-state index contributed by atoms with van der Waals surface area (Å²) in [6.07, 6.45) is 0. The molecule has 0 aliphatic rings. The van der Waals surface area contributed by atoms with Gasteiger partial charge in [-0.2, -0.15) is 0 Å². The molecule has 0 fully saturated rings. The van der Waals surface area contributed by atoms with E-state index < -0.39 is 22.5 Å². The Labute approximate surface area is 179 Å². The fourth-order valence-corrected chi connectivity index (χ4v) is 4.42. The molecule has 0 bridgehead atoms. The molecule has 0 spiro atoms. The van der Waals surface area contributed by atoms with Crippen molar-refractivity contribution in [3.63, 3.8) is 0 Å². The van der Waals surface area contributed by atoms with Crippen LogP contribution in [-0.2, 0) is 14.8 Å². The van der Waals surface area contributed by atoms with Gasteiger partial charge in [0, 0.05) is 5.02 Å². The van der Waals surface area contributed by atoms with Crippen LogP contribution in [0.4, 0.5) is 11.4 Å². The van der Waals surface area contributed by atoms with Crippen LogP contribution in [0.15, 0.2) is 77.7 Å². The van der Waals surface area contributed by atoms with Crippen LogP contribution in [-0.4, -0.2) is 20.9 Å². The highest BCUT2D eigenvalue weighted by atomic mass is 35.5. The number of rotatable bonds is 6. The van der Waals surface area contributed by atoms with Crippen molar-refractivity contribution in [1.29, 1.82) is 0 Å². The minimum absolute atomic E-state index is 0.0977. The third-order valence-electron chi connectivity index (χ3n) is 4.14. The number of anilines is 2. The van der Waals surface area contributed by atoms with Gasteiger partial charge in [-0.05, 0) is 49.4 Å². The third-order valence-corrected chi connectivity index (χ3v) is 6.50. The Morgan fingerprint density at radius 1 is 0.966 bits per heavy atom. The molecule has 0 unspecified atom stereocenters. The number of amides is 1. The number of benzene rings is 3. The van der Waals surface area contributed by atoms with Gasteiger partial charge in [-0.1, -0.05) is 59.1 Å². The van der Waals surface area contributed by atoms with E-state index in [9.17, 15) is 13.2 Å². The van der Waals surface area contributed by atoms with Gasteiger partial charge in [-0.15, -0.1) is 0 Å². The van der Waals surface area contributed by atoms with Gasteiger partial charge in [-0.3, -0.25) is 9.10 Å². The van der Waals surface area contributed by atoms with E-state index in [-0.39, 0.29) is 4.90 Å². The number of sulfonamides is 1. The lowest BCUT2D eigenvalue weighted by atomic mass is 10.2. The van der Waals surface area contributed by atoms with Crippen LogP contribution in [0.3, 0.4) is 0 Å². The summed E-state index contributed by atoms with van der Waals surface area (Å²) in [6, 6.07) is 19.6. The lowest BCUT2D eigenvalue weighted by Crippen LogP contribution is -2.38. The molecule has 0 aliphatic heterocycles. The zero-order valence-electron chi connectivity index (χ0n) is 15.5. The summed E-state index contributed by atoms with van der Waals surface area (Å²) in [5.74, 6) is -0.547. The summed E-state index contributed by atoms with van der Waals surface area (Å²) in [4.78, 5) is 12.8. The van der Waals surface area contributed by atoms with E-state index in [1.54, 1.807) is 54.6 Å². The van der Waals surface area contributed by atoms with E-state index in [0.29, 0.717) is 21.4 Å². The molecule has 0 heterocycles. The molecule has 3 aromatic carbocycles. The number of carbonyl (C=O) groups excluding carboxylic acids is 1. The van der Waals surface area contributed by atoms with Gasteiger partial charge in [0.1, 0.15) is 6.54 Å². The number of nitrogens with one attached hydrogen (secondary N) is 1. The molecular formula is C21H18Cl2N2O3S. The standard InChI is InChI=1S/C21H18Cl2N2O3S/c1-15-7-10-18(11-8-15)29(27,28)25(17-5-3-2-4-6-17)14-21(26)24-20-13-16(22)9-12-19(20)23/h2-13H,14H2,1H3,(H,24,26). The third kappa shape index (κ3) is 5.09. The number of aryl methyl sites for hydroxylation is 1. The summed E-state index contributed by atoms with van der Waals surface area (Å²) in [6.45, 7) is 1.44. The van der Waals surface area contributed by atoms with Crippen LogP contribution >= 0.6 is 23.2 Å². The largest absolute Gasteiger partial charge is 0.323 e. The maximum absolute atomic E-state index is 13.3. The maximum Gasteiger partial charge on any atom is 0.264 e. The van der Waals surface area contributed by atoms with Gasteiger partial charge in [0.15, 0.2) is 0 Å². The van der Waals surface area contributed by atoms with Gasteiger partial charge < -0.3 is 5.32 Å². The first-order valence-corrected chi connectivity index (χ1v) is 10.9. The molecule has 5 nitrogen and oxygen atoms in total. The van der Waals surface area contributed by atoms with E-state index in [4.69, 9.17) is 23.2 Å². The van der Waals surface area contributed by atoms with Crippen molar-refractivity contribution >= 4 is 50.5 Å². The van der Waals surface area contributed by atoms with Crippen LogP contribution in [0, 0.1) is 6.92 Å². The minimum atomic E-state index is -3.96. The quantitative estimate of drug-likeness (QED) is 0.567. The first-order valence-electron chi connectivity index (χ1n) is 8.67. The molecule has 150 valence electrons. The highest BCUT2D eigenvalue weighted by Crippen LogP contribution is 2.27. The highest BCUT2D eigenvalue weighted by Gasteiger charge is 2.27. The molecule has 0 radical (unpaired) electrons. The number of para-hydroxylation sites is 1. The Hall–Kier alpha value is -2.54. The fourth-order valence-electron chi connectivity index (χ4n) is 2.66. The van der Waals surface area contributed by atoms with E-state index in [2.05, 4.69) is 5.32 Å². The van der Waals surface area contributed by atoms with Crippen molar-refractivity contribution in [2.24, 2.45) is 0 Å². The molecule has 29 heavy (non-hydrogen) atoms. The monoisotopic (exact) mass is 448 g/mol. The summed E-state index contributed by atoms with van der Waals surface area (Å²) in [5.41, 5.74) is 1.62. The van der Waals surface area contributed by atoms with Gasteiger partial charge in [-0.25, -0.2) is 8.42 Å². The smallest absolute Gasteiger partial charge is 0.264 e. The predicted molar refractivity (Wildman–Crippen MR) is 117 cm³/mol. The first-order chi connectivity index (χ1) is 13.8. The second kappa shape index (κ2) is 8.86. The van der Waals surface area contributed by atoms with Crippen LogP contribution < -0.4 is 9.62 Å². The Morgan fingerprint density at radius 3 is 2.28 bits per heavy atom. The zero-order chi connectivity index (χ0) is 21.0. The highest BCUT2D eigenvalue weighted by molar-refractivity contribution is 7.92. The van der Waals surface area contributed by atoms with Crippen molar-refractivity contribution in [3.8, 4) is 0 Å². The summed E-state index contributed by atoms with van der Waals surface area (Å²) in [7, 11) is -3.96. The molecule has 3 rings (SSSR count). The number of halogens is 2. The average molecular weight is 449 g/mol. The van der Waals surface area contributed by atoms with E-state index in [0.717, 1.165) is 9.87 Å². The van der Waals surface area contributed by atoms with E-state index >= 15 is 0 Å². The van der Waals surface area contributed by atoms with Crippen molar-refractivity contribution in [1.82, 2.24) is 0 Å². The van der Waals surface area contributed by atoms with E-state index in [1.165, 1.54) is 18.2 Å². The van der Waals surface area contributed by atoms with Gasteiger partial charge in [0.05, 0.1) is 21.3 Å². The van der Waals surface area contributed by atoms with Crippen LogP contribution in [0.5, 0.6) is 0 Å². The van der Waals surface area contributed by atoms with Gasteiger partial charge in [0.2, 0.25) is 5.91 Å². The zero-order valence-corrected chi connectivity index (χ0v) is 17.8. The second-order valence-corrected chi connectivity index (χ2v) is 9.04. The lowest BCUT2D eigenvalue weighted by molar-refractivity contribution is -0.114. The van der Waals surface area contributed by atoms with Crippen molar-refractivity contribution < 1.29 is 13.2 Å². The van der Waals surface area contributed by atoms with Crippen molar-refractivity contribution in [2.75, 3.05) is 16.2 Å². The normalized spacial score (nSPS) is 11.1. The predicted octanol–water partition coefficient (Wildman–Crippen LogP) is 5.14. The number of carbonyl (C=O) groups is 1. The molecule has 1 N–H and O–H groups in total. The average Bonchev–Trinajstić information content (AvgIpc) is 2.70. The lowest BCUT2D eigenvalue weighted by Gasteiger charge is -2.24. The molecule has 0 atom stereocenters. The molecule has 0 saturated carbocycles.